The van der Waals surface area contributed by atoms with Gasteiger partial charge in [0.1, 0.15) is 0 Å². The van der Waals surface area contributed by atoms with Crippen LogP contribution in [0.1, 0.15) is 5.56 Å². The SMILES string of the molecule is Cc1cnc(NN)c(N)c1. The molecule has 5 N–H and O–H groups in total. The second kappa shape index (κ2) is 2.53. The Hall–Kier alpha value is -1.29. The summed E-state index contributed by atoms with van der Waals surface area (Å²) >= 11 is 0. The van der Waals surface area contributed by atoms with Crippen LogP contribution < -0.4 is 17.0 Å². The third kappa shape index (κ3) is 1.16. The van der Waals surface area contributed by atoms with Crippen LogP contribution in [0.4, 0.5) is 11.5 Å². The molecule has 1 aromatic rings. The van der Waals surface area contributed by atoms with E-state index in [9.17, 15) is 0 Å². The van der Waals surface area contributed by atoms with Crippen molar-refractivity contribution in [2.75, 3.05) is 11.2 Å². The Balaban J connectivity index is 3.07. The topological polar surface area (TPSA) is 77.0 Å². The number of pyridine rings is 1. The minimum Gasteiger partial charge on any atom is -0.396 e. The second-order valence-electron chi connectivity index (χ2n) is 2.09. The van der Waals surface area contributed by atoms with Crippen LogP contribution in [0.5, 0.6) is 0 Å². The second-order valence-corrected chi connectivity index (χ2v) is 2.09. The van der Waals surface area contributed by atoms with E-state index in [4.69, 9.17) is 11.6 Å². The van der Waals surface area contributed by atoms with Crippen molar-refractivity contribution in [3.05, 3.63) is 17.8 Å². The summed E-state index contributed by atoms with van der Waals surface area (Å²) in [6, 6.07) is 1.81. The Morgan fingerprint density at radius 3 is 2.80 bits per heavy atom. The van der Waals surface area contributed by atoms with E-state index in [-0.39, 0.29) is 0 Å². The highest BCUT2D eigenvalue weighted by atomic mass is 15.3. The van der Waals surface area contributed by atoms with Gasteiger partial charge in [0.25, 0.3) is 0 Å². The predicted octanol–water partition coefficient (Wildman–Crippen LogP) is 0.258. The van der Waals surface area contributed by atoms with Crippen molar-refractivity contribution in [2.45, 2.75) is 6.92 Å². The first-order chi connectivity index (χ1) is 4.74. The molecule has 0 bridgehead atoms. The lowest BCUT2D eigenvalue weighted by molar-refractivity contribution is 1.21. The van der Waals surface area contributed by atoms with Gasteiger partial charge >= 0.3 is 0 Å². The number of nitrogens with one attached hydrogen (secondary N) is 1. The number of aromatic nitrogens is 1. The number of hydrazine groups is 1. The van der Waals surface area contributed by atoms with Crippen molar-refractivity contribution in [3.63, 3.8) is 0 Å². The number of nitrogens with zero attached hydrogens (tertiary/aromatic N) is 1. The lowest BCUT2D eigenvalue weighted by atomic mass is 10.3. The molecule has 4 nitrogen and oxygen atoms in total. The van der Waals surface area contributed by atoms with E-state index in [1.807, 2.05) is 13.0 Å². The molecule has 1 heterocycles. The molecule has 0 aliphatic heterocycles. The zero-order chi connectivity index (χ0) is 7.56. The lowest BCUT2D eigenvalue weighted by Gasteiger charge is -2.02. The molecule has 0 aromatic carbocycles. The molecule has 0 unspecified atom stereocenters. The van der Waals surface area contributed by atoms with Crippen LogP contribution in [0.2, 0.25) is 0 Å². The summed E-state index contributed by atoms with van der Waals surface area (Å²) in [5, 5.41) is 0. The molecule has 1 rings (SSSR count). The number of nitrogen functional groups attached to an aromatic ring is 2. The first-order valence-corrected chi connectivity index (χ1v) is 2.93. The van der Waals surface area contributed by atoms with Crippen LogP contribution in [0.3, 0.4) is 0 Å². The largest absolute Gasteiger partial charge is 0.396 e. The maximum Gasteiger partial charge on any atom is 0.163 e. The fourth-order valence-corrected chi connectivity index (χ4v) is 0.712. The Morgan fingerprint density at radius 1 is 1.60 bits per heavy atom. The van der Waals surface area contributed by atoms with Gasteiger partial charge < -0.3 is 11.2 Å². The predicted molar refractivity (Wildman–Crippen MR) is 41.2 cm³/mol. The third-order valence-electron chi connectivity index (χ3n) is 1.19. The Labute approximate surface area is 59.2 Å². The fourth-order valence-electron chi connectivity index (χ4n) is 0.712. The molecule has 0 amide bonds. The van der Waals surface area contributed by atoms with E-state index in [1.165, 1.54) is 0 Å². The average molecular weight is 138 g/mol. The molecule has 0 aliphatic carbocycles. The van der Waals surface area contributed by atoms with Crippen LogP contribution >= 0.6 is 0 Å². The Kier molecular flexibility index (Phi) is 1.73. The summed E-state index contributed by atoms with van der Waals surface area (Å²) in [7, 11) is 0. The maximum atomic E-state index is 5.53. The summed E-state index contributed by atoms with van der Waals surface area (Å²) in [5.74, 6) is 5.63. The fraction of sp³-hybridized carbons (Fsp3) is 0.167. The van der Waals surface area contributed by atoms with Crippen molar-refractivity contribution >= 4 is 11.5 Å². The smallest absolute Gasteiger partial charge is 0.163 e. The summed E-state index contributed by atoms with van der Waals surface area (Å²) in [6.45, 7) is 1.92. The minimum atomic E-state index is 0.519. The first kappa shape index (κ1) is 6.82. The Bertz CT molecular complexity index is 233. The zero-order valence-electron chi connectivity index (χ0n) is 5.76. The van der Waals surface area contributed by atoms with Crippen molar-refractivity contribution in [1.82, 2.24) is 4.98 Å². The van der Waals surface area contributed by atoms with E-state index in [0.29, 0.717) is 11.5 Å². The maximum absolute atomic E-state index is 5.53. The van der Waals surface area contributed by atoms with Crippen LogP contribution in [0.15, 0.2) is 12.3 Å². The number of aryl methyl sites for hydroxylation is 1. The van der Waals surface area contributed by atoms with Gasteiger partial charge in [-0.2, -0.15) is 0 Å². The summed E-state index contributed by atoms with van der Waals surface area (Å²) < 4.78 is 0. The normalized spacial score (nSPS) is 9.40. The number of nitrogens with two attached hydrogens (primary N) is 2. The summed E-state index contributed by atoms with van der Waals surface area (Å²) in [6.07, 6.45) is 1.70. The quantitative estimate of drug-likeness (QED) is 0.384. The molecule has 4 heteroatoms. The molecule has 0 aliphatic rings. The van der Waals surface area contributed by atoms with Crippen LogP contribution in [0.25, 0.3) is 0 Å². The number of anilines is 2. The van der Waals surface area contributed by atoms with Gasteiger partial charge in [0.15, 0.2) is 5.82 Å². The van der Waals surface area contributed by atoms with Gasteiger partial charge in [-0.1, -0.05) is 0 Å². The molecular weight excluding hydrogens is 128 g/mol. The molecule has 54 valence electrons. The van der Waals surface area contributed by atoms with Crippen molar-refractivity contribution in [1.29, 1.82) is 0 Å². The van der Waals surface area contributed by atoms with Gasteiger partial charge in [-0.15, -0.1) is 0 Å². The molecule has 0 saturated heterocycles. The number of hydrogen-bond donors (Lipinski definition) is 3. The standard InChI is InChI=1S/C6H10N4/c1-4-2-5(7)6(10-8)9-3-4/h2-3H,7-8H2,1H3,(H,9,10). The molecular formula is C6H10N4. The molecule has 0 fully saturated rings. The van der Waals surface area contributed by atoms with E-state index in [2.05, 4.69) is 10.4 Å². The van der Waals surface area contributed by atoms with E-state index < -0.39 is 0 Å². The molecule has 0 radical (unpaired) electrons. The third-order valence-corrected chi connectivity index (χ3v) is 1.19. The molecule has 1 aromatic heterocycles. The molecule has 10 heavy (non-hydrogen) atoms. The highest BCUT2D eigenvalue weighted by Gasteiger charge is 1.95. The van der Waals surface area contributed by atoms with Gasteiger partial charge in [0.2, 0.25) is 0 Å². The average Bonchev–Trinajstić information content (AvgIpc) is 1.88. The van der Waals surface area contributed by atoms with Crippen molar-refractivity contribution in [2.24, 2.45) is 5.84 Å². The van der Waals surface area contributed by atoms with Crippen molar-refractivity contribution < 1.29 is 0 Å². The van der Waals surface area contributed by atoms with E-state index in [1.54, 1.807) is 6.20 Å². The van der Waals surface area contributed by atoms with E-state index >= 15 is 0 Å². The number of rotatable bonds is 1. The highest BCUT2D eigenvalue weighted by Crippen LogP contribution is 2.13. The van der Waals surface area contributed by atoms with Gasteiger partial charge in [0, 0.05) is 6.20 Å². The molecule has 0 spiro atoms. The van der Waals surface area contributed by atoms with Crippen LogP contribution in [-0.2, 0) is 0 Å². The summed E-state index contributed by atoms with van der Waals surface area (Å²) in [4.78, 5) is 3.94. The highest BCUT2D eigenvalue weighted by molar-refractivity contribution is 5.60. The number of hydrogen-bond acceptors (Lipinski definition) is 4. The minimum absolute atomic E-state index is 0.519. The van der Waals surface area contributed by atoms with Gasteiger partial charge in [0.05, 0.1) is 5.69 Å². The van der Waals surface area contributed by atoms with Gasteiger partial charge in [-0.05, 0) is 18.6 Å². The van der Waals surface area contributed by atoms with Crippen LogP contribution in [-0.4, -0.2) is 4.98 Å². The lowest BCUT2D eigenvalue weighted by Crippen LogP contribution is -2.10. The van der Waals surface area contributed by atoms with E-state index in [0.717, 1.165) is 5.56 Å². The van der Waals surface area contributed by atoms with Crippen LogP contribution in [0, 0.1) is 6.92 Å². The van der Waals surface area contributed by atoms with Gasteiger partial charge in [-0.3, -0.25) is 0 Å². The molecule has 0 saturated carbocycles. The zero-order valence-corrected chi connectivity index (χ0v) is 5.76. The monoisotopic (exact) mass is 138 g/mol. The molecule has 0 atom stereocenters. The summed E-state index contributed by atoms with van der Waals surface area (Å²) in [5.41, 5.74) is 9.51. The van der Waals surface area contributed by atoms with Crippen molar-refractivity contribution in [3.8, 4) is 0 Å². The first-order valence-electron chi connectivity index (χ1n) is 2.93. The van der Waals surface area contributed by atoms with Gasteiger partial charge in [-0.25, -0.2) is 10.8 Å². The Morgan fingerprint density at radius 2 is 2.30 bits per heavy atom.